The van der Waals surface area contributed by atoms with E-state index < -0.39 is 0 Å². The molecule has 0 fully saturated rings. The molecule has 2 nitrogen and oxygen atoms in total. The topological polar surface area (TPSA) is 46.2 Å². The highest BCUT2D eigenvalue weighted by atomic mass is 79.9. The van der Waals surface area contributed by atoms with Crippen LogP contribution in [0, 0.1) is 5.82 Å². The normalized spacial score (nSPS) is 12.0. The monoisotopic (exact) mass is 297 g/mol. The third-order valence-electron chi connectivity index (χ3n) is 2.04. The van der Waals surface area contributed by atoms with Crippen molar-refractivity contribution in [1.29, 1.82) is 0 Å². The van der Waals surface area contributed by atoms with Crippen LogP contribution in [0.3, 0.4) is 0 Å². The summed E-state index contributed by atoms with van der Waals surface area (Å²) >= 11 is 3.18. The Labute approximate surface area is 103 Å². The van der Waals surface area contributed by atoms with Gasteiger partial charge in [0.2, 0.25) is 0 Å². The van der Waals surface area contributed by atoms with Crippen LogP contribution < -0.4 is 5.73 Å². The third kappa shape index (κ3) is 4.47. The van der Waals surface area contributed by atoms with Gasteiger partial charge in [0, 0.05) is 22.7 Å². The van der Waals surface area contributed by atoms with Gasteiger partial charge in [-0.1, -0.05) is 22.0 Å². The summed E-state index contributed by atoms with van der Waals surface area (Å²) in [5.41, 5.74) is 6.27. The number of aliphatic hydroxyl groups is 1. The van der Waals surface area contributed by atoms with Gasteiger partial charge in [-0.25, -0.2) is 4.39 Å². The first-order valence-electron chi connectivity index (χ1n) is 4.46. The van der Waals surface area contributed by atoms with E-state index in [0.29, 0.717) is 22.9 Å². The van der Waals surface area contributed by atoms with Gasteiger partial charge in [0.25, 0.3) is 0 Å². The Morgan fingerprint density at radius 2 is 2.13 bits per heavy atom. The molecule has 0 saturated heterocycles. The lowest BCUT2D eigenvalue weighted by Crippen LogP contribution is -2.12. The number of rotatable bonds is 4. The molecule has 0 amide bonds. The Balaban J connectivity index is 0.00000196. The van der Waals surface area contributed by atoms with Crippen molar-refractivity contribution >= 4 is 28.3 Å². The summed E-state index contributed by atoms with van der Waals surface area (Å²) in [5.74, 6) is -0.301. The summed E-state index contributed by atoms with van der Waals surface area (Å²) in [5, 5.41) is 8.62. The minimum absolute atomic E-state index is 0. The first-order chi connectivity index (χ1) is 6.65. The molecule has 0 radical (unpaired) electrons. The van der Waals surface area contributed by atoms with Crippen LogP contribution in [0.2, 0.25) is 0 Å². The summed E-state index contributed by atoms with van der Waals surface area (Å²) in [6.45, 7) is 0.0891. The van der Waals surface area contributed by atoms with Crippen molar-refractivity contribution in [3.05, 3.63) is 34.1 Å². The highest BCUT2D eigenvalue weighted by Gasteiger charge is 2.10. The van der Waals surface area contributed by atoms with Crippen LogP contribution >= 0.6 is 28.3 Å². The highest BCUT2D eigenvalue weighted by molar-refractivity contribution is 9.10. The summed E-state index contributed by atoms with van der Waals surface area (Å²) in [6, 6.07) is 4.49. The molecule has 1 aromatic carbocycles. The molecule has 0 spiro atoms. The average molecular weight is 299 g/mol. The van der Waals surface area contributed by atoms with Gasteiger partial charge in [0.15, 0.2) is 0 Å². The lowest BCUT2D eigenvalue weighted by Gasteiger charge is -2.12. The molecule has 0 saturated carbocycles. The molecule has 0 aliphatic carbocycles. The lowest BCUT2D eigenvalue weighted by atomic mass is 10.0. The summed E-state index contributed by atoms with van der Waals surface area (Å²) in [6.07, 6.45) is 1.19. The van der Waals surface area contributed by atoms with Gasteiger partial charge < -0.3 is 10.8 Å². The molecule has 5 heteroatoms. The third-order valence-corrected chi connectivity index (χ3v) is 2.53. The molecule has 0 aliphatic rings. The van der Waals surface area contributed by atoms with Crippen LogP contribution in [0.15, 0.2) is 22.7 Å². The van der Waals surface area contributed by atoms with E-state index in [4.69, 9.17) is 10.8 Å². The summed E-state index contributed by atoms with van der Waals surface area (Å²) in [7, 11) is 0. The van der Waals surface area contributed by atoms with Crippen molar-refractivity contribution < 1.29 is 9.50 Å². The van der Waals surface area contributed by atoms with Crippen molar-refractivity contribution in [2.24, 2.45) is 5.73 Å². The molecule has 3 N–H and O–H groups in total. The van der Waals surface area contributed by atoms with E-state index in [9.17, 15) is 4.39 Å². The van der Waals surface area contributed by atoms with Crippen LogP contribution in [0.1, 0.15) is 24.4 Å². The molecule has 0 aliphatic heterocycles. The smallest absolute Gasteiger partial charge is 0.129 e. The minimum Gasteiger partial charge on any atom is -0.396 e. The summed E-state index contributed by atoms with van der Waals surface area (Å²) < 4.78 is 14.1. The van der Waals surface area contributed by atoms with Gasteiger partial charge in [-0.15, -0.1) is 12.4 Å². The van der Waals surface area contributed by atoms with Crippen molar-refractivity contribution in [1.82, 2.24) is 0 Å². The van der Waals surface area contributed by atoms with Gasteiger partial charge in [0.1, 0.15) is 5.82 Å². The number of hydrogen-bond donors (Lipinski definition) is 2. The first kappa shape index (κ1) is 14.8. The van der Waals surface area contributed by atoms with Gasteiger partial charge in [-0.2, -0.15) is 0 Å². The van der Waals surface area contributed by atoms with Crippen LogP contribution in [-0.4, -0.2) is 11.7 Å². The molecule has 86 valence electrons. The number of nitrogens with two attached hydrogens (primary N) is 1. The zero-order valence-corrected chi connectivity index (χ0v) is 10.5. The highest BCUT2D eigenvalue weighted by Crippen LogP contribution is 2.22. The molecular formula is C10H14BrClFNO. The number of hydrogen-bond acceptors (Lipinski definition) is 2. The maximum atomic E-state index is 13.4. The Bertz CT molecular complexity index is 311. The number of halogens is 3. The van der Waals surface area contributed by atoms with Crippen LogP contribution in [0.4, 0.5) is 4.39 Å². The minimum atomic E-state index is -0.338. The van der Waals surface area contributed by atoms with Gasteiger partial charge in [-0.05, 0) is 25.0 Å². The van der Waals surface area contributed by atoms with Crippen LogP contribution in [0.25, 0.3) is 0 Å². The number of aliphatic hydroxyl groups excluding tert-OH is 1. The van der Waals surface area contributed by atoms with E-state index in [0.717, 1.165) is 0 Å². The fourth-order valence-corrected chi connectivity index (χ4v) is 1.60. The Morgan fingerprint density at radius 3 is 2.67 bits per heavy atom. The second-order valence-corrected chi connectivity index (χ2v) is 4.05. The largest absolute Gasteiger partial charge is 0.396 e. The average Bonchev–Trinajstić information content (AvgIpc) is 2.14. The van der Waals surface area contributed by atoms with E-state index in [-0.39, 0.29) is 30.9 Å². The predicted octanol–water partition coefficient (Wildman–Crippen LogP) is 2.78. The van der Waals surface area contributed by atoms with E-state index in [1.165, 1.54) is 6.07 Å². The van der Waals surface area contributed by atoms with Crippen molar-refractivity contribution in [3.8, 4) is 0 Å². The van der Waals surface area contributed by atoms with E-state index in [1.807, 2.05) is 0 Å². The summed E-state index contributed by atoms with van der Waals surface area (Å²) in [4.78, 5) is 0. The molecule has 1 atom stereocenters. The zero-order chi connectivity index (χ0) is 10.6. The Kier molecular flexibility index (Phi) is 7.09. The molecular weight excluding hydrogens is 284 g/mol. The zero-order valence-electron chi connectivity index (χ0n) is 8.12. The predicted molar refractivity (Wildman–Crippen MR) is 64.6 cm³/mol. The molecule has 0 heterocycles. The van der Waals surface area contributed by atoms with Gasteiger partial charge >= 0.3 is 0 Å². The molecule has 0 unspecified atom stereocenters. The molecule has 1 aromatic rings. The molecule has 15 heavy (non-hydrogen) atoms. The van der Waals surface area contributed by atoms with Crippen molar-refractivity contribution in [2.45, 2.75) is 18.9 Å². The van der Waals surface area contributed by atoms with Gasteiger partial charge in [0.05, 0.1) is 0 Å². The van der Waals surface area contributed by atoms with Crippen molar-refractivity contribution in [3.63, 3.8) is 0 Å². The maximum absolute atomic E-state index is 13.4. The first-order valence-corrected chi connectivity index (χ1v) is 5.26. The molecule has 0 bridgehead atoms. The van der Waals surface area contributed by atoms with E-state index in [1.54, 1.807) is 12.1 Å². The van der Waals surface area contributed by atoms with Crippen LogP contribution in [-0.2, 0) is 0 Å². The fourth-order valence-electron chi connectivity index (χ4n) is 1.27. The maximum Gasteiger partial charge on any atom is 0.129 e. The van der Waals surface area contributed by atoms with E-state index >= 15 is 0 Å². The van der Waals surface area contributed by atoms with Crippen LogP contribution in [0.5, 0.6) is 0 Å². The standard InChI is InChI=1S/C10H13BrFNO.ClH/c11-7-3-4-8(9(12)6-7)10(13)2-1-5-14;/h3-4,6,10,14H,1-2,5,13H2;1H/t10-;/m0./s1. The second kappa shape index (κ2) is 7.17. The Hall–Kier alpha value is -0.160. The van der Waals surface area contributed by atoms with Crippen molar-refractivity contribution in [2.75, 3.05) is 6.61 Å². The van der Waals surface area contributed by atoms with Gasteiger partial charge in [-0.3, -0.25) is 0 Å². The Morgan fingerprint density at radius 1 is 1.47 bits per heavy atom. The SMILES string of the molecule is Cl.N[C@@H](CCCO)c1ccc(Br)cc1F. The molecule has 1 rings (SSSR count). The number of benzene rings is 1. The lowest BCUT2D eigenvalue weighted by molar-refractivity contribution is 0.279. The quantitative estimate of drug-likeness (QED) is 0.898. The second-order valence-electron chi connectivity index (χ2n) is 3.14. The van der Waals surface area contributed by atoms with E-state index in [2.05, 4.69) is 15.9 Å². The molecule has 0 aromatic heterocycles. The fraction of sp³-hybridized carbons (Fsp3) is 0.400.